The van der Waals surface area contributed by atoms with Crippen LogP contribution in [0.4, 0.5) is 11.4 Å². The van der Waals surface area contributed by atoms with Crippen LogP contribution in [0.1, 0.15) is 240 Å². The van der Waals surface area contributed by atoms with Crippen LogP contribution in [-0.2, 0) is 50.7 Å². The number of hydrogen-bond acceptors (Lipinski definition) is 2. The molecule has 3 atom stereocenters. The highest BCUT2D eigenvalue weighted by molar-refractivity contribution is 7.32. The molecule has 432 valence electrons. The van der Waals surface area contributed by atoms with Gasteiger partial charge in [-0.3, -0.25) is 0 Å². The second-order valence-electron chi connectivity index (χ2n) is 32.2. The molecule has 2 aliphatic heterocycles. The average Bonchev–Trinajstić information content (AvgIpc) is 1.50. The molecule has 13 rings (SSSR count). The Hall–Kier alpha value is -5.90. The Morgan fingerprint density at radius 2 is 1.12 bits per heavy atom. The lowest BCUT2D eigenvalue weighted by atomic mass is 9.36. The zero-order valence-corrected chi connectivity index (χ0v) is 54.9. The molecule has 0 spiro atoms. The van der Waals surface area contributed by atoms with Crippen molar-refractivity contribution in [3.63, 3.8) is 0 Å². The minimum Gasteiger partial charge on any atom is -0.335 e. The zero-order chi connectivity index (χ0) is 59.5. The third kappa shape index (κ3) is 9.11. The number of nitrogens with zero attached hydrogens (tertiary/aromatic N) is 1. The maximum atomic E-state index is 4.86. The normalized spacial score (nSPS) is 22.0. The van der Waals surface area contributed by atoms with Crippen molar-refractivity contribution in [3.05, 3.63) is 212 Å². The Labute approximate surface area is 510 Å². The number of fused-ring (bicyclic) bond motifs is 8. The van der Waals surface area contributed by atoms with E-state index >= 15 is 0 Å². The predicted molar refractivity (Wildman–Crippen MR) is 367 cm³/mol. The van der Waals surface area contributed by atoms with E-state index < -0.39 is 0 Å². The minimum absolute atomic E-state index is 0.0315. The molecule has 1 fully saturated rings. The molecule has 0 N–H and O–H groups in total. The number of anilines is 2. The van der Waals surface area contributed by atoms with Crippen LogP contribution in [0, 0.1) is 0 Å². The molecule has 1 saturated carbocycles. The summed E-state index contributed by atoms with van der Waals surface area (Å²) in [6, 6.07) is 54.4. The Morgan fingerprint density at radius 1 is 0.548 bits per heavy atom. The molecule has 0 radical (unpaired) electrons. The first-order valence-corrected chi connectivity index (χ1v) is 33.1. The fourth-order valence-electron chi connectivity index (χ4n) is 16.8. The largest absolute Gasteiger partial charge is 0.335 e. The number of rotatable bonds is 9. The maximum absolute atomic E-state index is 4.86. The topological polar surface area (TPSA) is 3.24 Å². The van der Waals surface area contributed by atoms with Crippen molar-refractivity contribution in [3.8, 4) is 11.1 Å². The van der Waals surface area contributed by atoms with Gasteiger partial charge in [-0.2, -0.15) is 0 Å². The first-order valence-electron chi connectivity index (χ1n) is 32.3. The van der Waals surface area contributed by atoms with Gasteiger partial charge in [0, 0.05) is 27.4 Å². The minimum atomic E-state index is -0.149. The number of thiophene rings is 1. The lowest BCUT2D eigenvalue weighted by molar-refractivity contribution is 0.195. The summed E-state index contributed by atoms with van der Waals surface area (Å²) in [5.41, 5.74) is 27.5. The highest BCUT2D eigenvalue weighted by Crippen LogP contribution is 2.62. The average molecular weight is 1120 g/mol. The van der Waals surface area contributed by atoms with Gasteiger partial charge in [-0.25, -0.2) is 0 Å². The van der Waals surface area contributed by atoms with Crippen LogP contribution in [0.5, 0.6) is 0 Å². The van der Waals surface area contributed by atoms with E-state index in [4.69, 9.17) is 6.58 Å². The Morgan fingerprint density at radius 3 is 1.74 bits per heavy atom. The van der Waals surface area contributed by atoms with E-state index in [2.05, 4.69) is 267 Å². The van der Waals surface area contributed by atoms with Gasteiger partial charge in [-0.15, -0.1) is 11.3 Å². The fraction of sp³-hybridized carbons (Fsp3) is 0.432. The number of hydrogen-bond donors (Lipinski definition) is 0. The van der Waals surface area contributed by atoms with E-state index in [1.807, 2.05) is 0 Å². The van der Waals surface area contributed by atoms with Gasteiger partial charge in [0.1, 0.15) is 0 Å². The van der Waals surface area contributed by atoms with Gasteiger partial charge >= 0.3 is 0 Å². The molecule has 3 aliphatic carbocycles. The monoisotopic (exact) mass is 1120 g/mol. The van der Waals surface area contributed by atoms with Gasteiger partial charge in [0.05, 0.1) is 5.54 Å². The molecule has 0 bridgehead atoms. The summed E-state index contributed by atoms with van der Waals surface area (Å²) >= 11 is 2.11. The lowest BCUT2D eigenvalue weighted by Gasteiger charge is -2.52. The molecule has 0 saturated heterocycles. The summed E-state index contributed by atoms with van der Waals surface area (Å²) in [4.78, 5) is 2.95. The van der Waals surface area contributed by atoms with Gasteiger partial charge in [0.2, 0.25) is 0 Å². The van der Waals surface area contributed by atoms with E-state index in [9.17, 15) is 0 Å². The Bertz CT molecular complexity index is 3920. The summed E-state index contributed by atoms with van der Waals surface area (Å²) in [5, 5.41) is 1.46. The molecule has 5 aliphatic rings. The van der Waals surface area contributed by atoms with Gasteiger partial charge in [0.15, 0.2) is 0 Å². The van der Waals surface area contributed by atoms with Crippen LogP contribution >= 0.6 is 11.3 Å². The molecule has 0 amide bonds. The van der Waals surface area contributed by atoms with Gasteiger partial charge in [0.25, 0.3) is 6.71 Å². The molecule has 84 heavy (non-hydrogen) atoms. The van der Waals surface area contributed by atoms with Crippen LogP contribution < -0.4 is 20.6 Å². The highest BCUT2D eigenvalue weighted by atomic mass is 32.1. The lowest BCUT2D eigenvalue weighted by Crippen LogP contribution is -2.62. The fourth-order valence-corrected chi connectivity index (χ4v) is 18.2. The third-order valence-corrected chi connectivity index (χ3v) is 24.1. The molecular formula is C81H94BNS. The van der Waals surface area contributed by atoms with Gasteiger partial charge < -0.3 is 4.90 Å². The SMILES string of the molecule is C=Cc1cc(C(Cc2ccc(C(C)(C)C)cc2)c2ccc(C(C)(C)C)cc2)cc2c1B(c1sc3cc4c(cc3c1Cc1ccc3c(c1)C(C)(C)CCC3(C)C)C(C)(C)CCC4(C)C)c1cc(-c3ccccc3)cc3c1N2C1(C)CCCCC31C. The van der Waals surface area contributed by atoms with Gasteiger partial charge in [-0.1, -0.05) is 239 Å². The van der Waals surface area contributed by atoms with Crippen LogP contribution in [-0.4, -0.2) is 12.3 Å². The second kappa shape index (κ2) is 19.6. The first-order chi connectivity index (χ1) is 39.5. The molecule has 1 nitrogen and oxygen atoms in total. The van der Waals surface area contributed by atoms with E-state index in [1.165, 1.54) is 149 Å². The van der Waals surface area contributed by atoms with Crippen LogP contribution in [0.15, 0.2) is 140 Å². The maximum Gasteiger partial charge on any atom is 0.260 e. The molecule has 3 unspecified atom stereocenters. The second-order valence-corrected chi connectivity index (χ2v) is 33.2. The number of benzene rings is 7. The van der Waals surface area contributed by atoms with Crippen molar-refractivity contribution < 1.29 is 0 Å². The van der Waals surface area contributed by atoms with Gasteiger partial charge in [-0.05, 0) is 220 Å². The molecule has 1 aromatic heterocycles. The summed E-state index contributed by atoms with van der Waals surface area (Å²) in [6.45, 7) is 44.1. The molecule has 8 aromatic rings. The van der Waals surface area contributed by atoms with E-state index in [-0.39, 0.29) is 56.1 Å². The van der Waals surface area contributed by atoms with E-state index in [0.717, 1.165) is 19.3 Å². The van der Waals surface area contributed by atoms with Crippen molar-refractivity contribution in [2.24, 2.45) is 0 Å². The van der Waals surface area contributed by atoms with E-state index in [0.29, 0.717) is 0 Å². The molecule has 3 heteroatoms. The van der Waals surface area contributed by atoms with E-state index in [1.54, 1.807) is 16.7 Å². The first kappa shape index (κ1) is 57.2. The summed E-state index contributed by atoms with van der Waals surface area (Å²) in [6.07, 6.45) is 13.6. The molecule has 3 heterocycles. The van der Waals surface area contributed by atoms with Crippen molar-refractivity contribution in [1.82, 2.24) is 0 Å². The third-order valence-electron chi connectivity index (χ3n) is 22.8. The van der Waals surface area contributed by atoms with Crippen LogP contribution in [0.2, 0.25) is 0 Å². The zero-order valence-electron chi connectivity index (χ0n) is 54.1. The Balaban J connectivity index is 1.12. The van der Waals surface area contributed by atoms with Crippen molar-refractivity contribution in [1.29, 1.82) is 0 Å². The smallest absolute Gasteiger partial charge is 0.260 e. The summed E-state index contributed by atoms with van der Waals surface area (Å²) in [7, 11) is 0. The van der Waals surface area contributed by atoms with Crippen molar-refractivity contribution >= 4 is 61.3 Å². The quantitative estimate of drug-likeness (QED) is 0.130. The standard InChI is InChI=1S/C81H94BNS/c1-18-53-45-57(60(55-29-33-59(34-30-55)75(5,6)7)42-51-26-31-58(32-27-51)74(2,3)4)48-69-71(53)82(68-47-56(54-24-20-19-21-25-54)46-67-72(68)83(69)81(17)37-23-22-36-80(67,81)16)73-62(43-52-28-35-63-64(44-52)77(10,11)39-38-76(63,8)9)61-49-65-66(50-70(61)84-73)79(14,15)41-40-78(65,12)13/h18-21,24-35,44-50,60H,1,22-23,36-43H2,2-17H3. The molecule has 7 aromatic carbocycles. The van der Waals surface area contributed by atoms with Crippen LogP contribution in [0.3, 0.4) is 0 Å². The summed E-state index contributed by atoms with van der Waals surface area (Å²) in [5.74, 6) is 0.118. The Kier molecular flexibility index (Phi) is 13.3. The molecular weight excluding hydrogens is 1030 g/mol. The van der Waals surface area contributed by atoms with Crippen LogP contribution in [0.25, 0.3) is 27.3 Å². The predicted octanol–water partition coefficient (Wildman–Crippen LogP) is 20.0. The van der Waals surface area contributed by atoms with Crippen molar-refractivity contribution in [2.75, 3.05) is 4.90 Å². The highest BCUT2D eigenvalue weighted by Gasteiger charge is 2.61. The van der Waals surface area contributed by atoms with Crippen molar-refractivity contribution in [2.45, 2.75) is 224 Å². The summed E-state index contributed by atoms with van der Waals surface area (Å²) < 4.78 is 2.94.